The van der Waals surface area contributed by atoms with E-state index in [1.165, 1.54) is 17.7 Å². The molecular weight excluding hydrogens is 645 g/mol. The summed E-state index contributed by atoms with van der Waals surface area (Å²) in [6.45, 7) is 5.80. The first-order valence-corrected chi connectivity index (χ1v) is 17.0. The Balaban J connectivity index is 0.921. The van der Waals surface area contributed by atoms with Crippen molar-refractivity contribution in [2.24, 2.45) is 4.99 Å². The van der Waals surface area contributed by atoms with Crippen LogP contribution >= 0.6 is 35.0 Å². The number of ether oxygens (including phenoxy) is 3. The molecule has 3 aliphatic rings. The lowest BCUT2D eigenvalue weighted by Crippen LogP contribution is -2.46. The molecule has 2 atom stereocenters. The predicted octanol–water partition coefficient (Wildman–Crippen LogP) is 5.93. The van der Waals surface area contributed by atoms with Gasteiger partial charge in [-0.3, -0.25) is 0 Å². The number of benzene rings is 3. The van der Waals surface area contributed by atoms with Crippen LogP contribution in [-0.4, -0.2) is 89.7 Å². The highest BCUT2D eigenvalue weighted by atomic mass is 35.5. The van der Waals surface area contributed by atoms with E-state index in [0.717, 1.165) is 55.1 Å². The molecule has 2 unspecified atom stereocenters. The van der Waals surface area contributed by atoms with E-state index < -0.39 is 5.79 Å². The molecule has 0 spiro atoms. The summed E-state index contributed by atoms with van der Waals surface area (Å²) in [6, 6.07) is 22.1. The van der Waals surface area contributed by atoms with Crippen LogP contribution in [0.15, 0.2) is 84.4 Å². The van der Waals surface area contributed by atoms with E-state index in [4.69, 9.17) is 42.4 Å². The van der Waals surface area contributed by atoms with E-state index in [-0.39, 0.29) is 12.6 Å². The molecule has 3 saturated heterocycles. The first-order valence-electron chi connectivity index (χ1n) is 15.3. The highest BCUT2D eigenvalue weighted by Crippen LogP contribution is 2.40. The van der Waals surface area contributed by atoms with Crippen LogP contribution in [0.4, 0.5) is 17.1 Å². The zero-order valence-electron chi connectivity index (χ0n) is 25.5. The number of nitrogens with zero attached hydrogens (tertiary/aromatic N) is 7. The number of piperazine rings is 1. The van der Waals surface area contributed by atoms with Gasteiger partial charge in [-0.05, 0) is 60.7 Å². The summed E-state index contributed by atoms with van der Waals surface area (Å²) >= 11 is 14.6. The molecule has 0 N–H and O–H groups in total. The van der Waals surface area contributed by atoms with Gasteiger partial charge in [-0.15, -0.1) is 0 Å². The van der Waals surface area contributed by atoms with Crippen molar-refractivity contribution in [3.8, 4) is 5.75 Å². The van der Waals surface area contributed by atoms with Gasteiger partial charge in [-0.25, -0.2) is 14.7 Å². The number of aliphatic imine (C=N–C) groups is 1. The van der Waals surface area contributed by atoms with Gasteiger partial charge in [0.25, 0.3) is 0 Å². The summed E-state index contributed by atoms with van der Waals surface area (Å²) in [4.78, 5) is 15.9. The highest BCUT2D eigenvalue weighted by Gasteiger charge is 2.45. The van der Waals surface area contributed by atoms with Crippen LogP contribution in [0, 0.1) is 0 Å². The second-order valence-corrected chi connectivity index (χ2v) is 13.4. The second-order valence-electron chi connectivity index (χ2n) is 11.5. The third kappa shape index (κ3) is 6.94. The van der Waals surface area contributed by atoms with E-state index in [1.807, 2.05) is 30.0 Å². The molecule has 7 rings (SSSR count). The Bertz CT molecular complexity index is 1650. The van der Waals surface area contributed by atoms with Gasteiger partial charge in [0, 0.05) is 67.5 Å². The Kier molecular flexibility index (Phi) is 9.28. The average Bonchev–Trinajstić information content (AvgIpc) is 3.84. The molecule has 0 bridgehead atoms. The smallest absolute Gasteiger partial charge is 0.217 e. The number of aromatic nitrogens is 3. The molecule has 4 heterocycles. The zero-order valence-corrected chi connectivity index (χ0v) is 27.8. The van der Waals surface area contributed by atoms with Gasteiger partial charge < -0.3 is 28.9 Å². The Morgan fingerprint density at radius 1 is 0.957 bits per heavy atom. The number of thioether (sulfide) groups is 1. The van der Waals surface area contributed by atoms with Gasteiger partial charge >= 0.3 is 0 Å². The van der Waals surface area contributed by atoms with Crippen LogP contribution in [0.25, 0.3) is 0 Å². The lowest BCUT2D eigenvalue weighted by molar-refractivity contribution is -0.190. The molecule has 4 aromatic rings. The number of amidine groups is 1. The number of hydrogen-bond donors (Lipinski definition) is 0. The molecule has 13 heteroatoms. The van der Waals surface area contributed by atoms with Gasteiger partial charge in [0.15, 0.2) is 5.17 Å². The van der Waals surface area contributed by atoms with E-state index in [0.29, 0.717) is 28.8 Å². The summed E-state index contributed by atoms with van der Waals surface area (Å²) in [6.07, 6.45) is 2.78. The van der Waals surface area contributed by atoms with Gasteiger partial charge in [0.1, 0.15) is 37.7 Å². The molecule has 0 aliphatic carbocycles. The van der Waals surface area contributed by atoms with Crippen molar-refractivity contribution < 1.29 is 14.2 Å². The first kappa shape index (κ1) is 31.1. The van der Waals surface area contributed by atoms with Crippen LogP contribution in [-0.2, 0) is 21.8 Å². The van der Waals surface area contributed by atoms with Crippen LogP contribution < -0.4 is 14.5 Å². The van der Waals surface area contributed by atoms with Crippen molar-refractivity contribution in [3.05, 3.63) is 95.0 Å². The minimum Gasteiger partial charge on any atom is -0.491 e. The molecule has 46 heavy (non-hydrogen) atoms. The summed E-state index contributed by atoms with van der Waals surface area (Å²) < 4.78 is 20.5. The van der Waals surface area contributed by atoms with Crippen molar-refractivity contribution in [1.82, 2.24) is 19.7 Å². The monoisotopic (exact) mass is 679 g/mol. The summed E-state index contributed by atoms with van der Waals surface area (Å²) in [5.41, 5.74) is 4.10. The number of rotatable bonds is 9. The zero-order chi connectivity index (χ0) is 31.5. The van der Waals surface area contributed by atoms with E-state index in [2.05, 4.69) is 68.2 Å². The molecule has 0 saturated carbocycles. The summed E-state index contributed by atoms with van der Waals surface area (Å²) in [5.74, 6) is 0.736. The maximum absolute atomic E-state index is 6.58. The van der Waals surface area contributed by atoms with Crippen LogP contribution in [0.2, 0.25) is 10.0 Å². The minimum absolute atomic E-state index is 0.282. The van der Waals surface area contributed by atoms with E-state index >= 15 is 0 Å². The standard InChI is InChI=1S/C33H35Cl2N7O3S/c1-39-16-17-46-32(39)38-25-3-5-26(6-4-25)40-12-14-41(15-13-40)27-7-9-28(10-8-27)43-19-29-20-44-33(45-29,21-42-23-36-22-37-42)30-11-2-24(34)18-31(30)35/h2-11,18,22-23,29H,12-17,19-21H2,1H3. The molecule has 1 aromatic heterocycles. The molecule has 240 valence electrons. The van der Waals surface area contributed by atoms with Crippen molar-refractivity contribution in [2.45, 2.75) is 18.4 Å². The Morgan fingerprint density at radius 2 is 1.67 bits per heavy atom. The van der Waals surface area contributed by atoms with Gasteiger partial charge in [0.2, 0.25) is 5.79 Å². The third-order valence-electron chi connectivity index (χ3n) is 8.38. The maximum atomic E-state index is 6.58. The Morgan fingerprint density at radius 3 is 2.30 bits per heavy atom. The van der Waals surface area contributed by atoms with Crippen LogP contribution in [0.3, 0.4) is 0 Å². The molecule has 10 nitrogen and oxygen atoms in total. The van der Waals surface area contributed by atoms with Gasteiger partial charge in [-0.1, -0.05) is 41.0 Å². The highest BCUT2D eigenvalue weighted by molar-refractivity contribution is 8.14. The van der Waals surface area contributed by atoms with Crippen LogP contribution in [0.5, 0.6) is 5.75 Å². The van der Waals surface area contributed by atoms with Crippen molar-refractivity contribution in [1.29, 1.82) is 0 Å². The summed E-state index contributed by atoms with van der Waals surface area (Å²) in [5, 5.41) is 6.33. The molecular formula is C33H35Cl2N7O3S. The Labute approximate surface area is 282 Å². The molecule has 3 fully saturated rings. The molecule has 0 amide bonds. The largest absolute Gasteiger partial charge is 0.491 e. The summed E-state index contributed by atoms with van der Waals surface area (Å²) in [7, 11) is 2.10. The Hall–Kier alpha value is -3.48. The minimum atomic E-state index is -1.14. The number of hydrogen-bond acceptors (Lipinski definition) is 9. The molecule has 3 aromatic carbocycles. The van der Waals surface area contributed by atoms with E-state index in [1.54, 1.807) is 23.1 Å². The third-order valence-corrected chi connectivity index (χ3v) is 9.97. The topological polar surface area (TPSA) is 80.5 Å². The number of halogens is 2. The average molecular weight is 681 g/mol. The van der Waals surface area contributed by atoms with Crippen molar-refractivity contribution in [3.63, 3.8) is 0 Å². The predicted molar refractivity (Wildman–Crippen MR) is 184 cm³/mol. The van der Waals surface area contributed by atoms with Crippen LogP contribution in [0.1, 0.15) is 5.56 Å². The molecule has 0 radical (unpaired) electrons. The van der Waals surface area contributed by atoms with Gasteiger partial charge in [-0.2, -0.15) is 5.10 Å². The fourth-order valence-corrected chi connectivity index (χ4v) is 7.48. The first-order chi connectivity index (χ1) is 22.4. The quantitative estimate of drug-likeness (QED) is 0.214. The fraction of sp³-hybridized carbons (Fsp3) is 0.364. The maximum Gasteiger partial charge on any atom is 0.217 e. The normalized spacial score (nSPS) is 22.6. The lowest BCUT2D eigenvalue weighted by Gasteiger charge is -2.37. The van der Waals surface area contributed by atoms with Gasteiger partial charge in [0.05, 0.1) is 17.3 Å². The second kappa shape index (κ2) is 13.7. The van der Waals surface area contributed by atoms with Crippen molar-refractivity contribution in [2.75, 3.05) is 68.5 Å². The SMILES string of the molecule is CN1CCSC1=Nc1ccc(N2CCN(c3ccc(OCC4COC(Cn5cncn5)(c5ccc(Cl)cc5Cl)O4)cc3)CC2)cc1. The molecule has 3 aliphatic heterocycles. The lowest BCUT2D eigenvalue weighted by atomic mass is 10.1. The fourth-order valence-electron chi connectivity index (χ4n) is 5.89. The number of anilines is 2. The van der Waals surface area contributed by atoms with Crippen molar-refractivity contribution >= 4 is 57.2 Å². The van der Waals surface area contributed by atoms with E-state index in [9.17, 15) is 0 Å².